The predicted octanol–water partition coefficient (Wildman–Crippen LogP) is 6.11. The molecule has 308 valence electrons. The molecule has 0 spiro atoms. The Bertz CT molecular complexity index is 2320. The lowest BCUT2D eigenvalue weighted by molar-refractivity contribution is 0.0925. The highest BCUT2D eigenvalue weighted by Crippen LogP contribution is 2.24. The maximum absolute atomic E-state index is 12.9. The largest absolute Gasteiger partial charge is 0.381 e. The third kappa shape index (κ3) is 10.8. The third-order valence-corrected chi connectivity index (χ3v) is 9.79. The molecule has 0 aromatic carbocycles. The zero-order chi connectivity index (χ0) is 41.8. The molecule has 16 nitrogen and oxygen atoms in total. The van der Waals surface area contributed by atoms with Crippen molar-refractivity contribution in [1.29, 1.82) is 0 Å². The molecule has 0 radical (unpaired) electrons. The molecule has 0 saturated carbocycles. The fraction of sp³-hybridized carbons (Fsp3) is 0.318. The Balaban J connectivity index is 0.000000181. The number of carbonyl (C=O) groups excluding carboxylic acids is 4. The summed E-state index contributed by atoms with van der Waals surface area (Å²) in [6.45, 7) is 2.23. The van der Waals surface area contributed by atoms with Crippen LogP contribution >= 0.6 is 0 Å². The number of anilines is 2. The van der Waals surface area contributed by atoms with Crippen LogP contribution in [0.3, 0.4) is 0 Å². The molecular formula is C44H46N10O6. The normalized spacial score (nSPS) is 15.6. The van der Waals surface area contributed by atoms with Gasteiger partial charge >= 0.3 is 0 Å². The lowest BCUT2D eigenvalue weighted by Gasteiger charge is -2.09. The molecule has 0 atom stereocenters. The zero-order valence-corrected chi connectivity index (χ0v) is 33.6. The van der Waals surface area contributed by atoms with Crippen molar-refractivity contribution in [2.45, 2.75) is 51.4 Å². The van der Waals surface area contributed by atoms with E-state index < -0.39 is 5.91 Å². The molecule has 0 saturated heterocycles. The Labute approximate surface area is 346 Å². The number of fused-ring (bicyclic) bond motifs is 12. The number of ether oxygens (including phenoxy) is 2. The standard InChI is InChI=1S/2C22H23N5O3/c1-27-14-19-21(26-27)20(28)5-3-11-30-10-2-4-17-12-15(6-8-23-17)18-13-16(7-9-24-18)22(29)25-19;1-27-14-19-21(26-27)20(28)5-3-11-30-10-2-4-17-12-15(6-8-23-17)16-7-9-24-18(13-16)22(29)25-19/h2*6-9,12-14H,2-5,10-11H2,1H3,(H,25,29). The Morgan fingerprint density at radius 2 is 0.933 bits per heavy atom. The van der Waals surface area contributed by atoms with Crippen LogP contribution in [0.4, 0.5) is 11.4 Å². The Morgan fingerprint density at radius 1 is 0.500 bits per heavy atom. The van der Waals surface area contributed by atoms with Gasteiger partial charge in [0.1, 0.15) is 5.69 Å². The first kappa shape index (κ1) is 41.4. The van der Waals surface area contributed by atoms with Crippen molar-refractivity contribution < 1.29 is 28.7 Å². The summed E-state index contributed by atoms with van der Waals surface area (Å²) in [7, 11) is 3.43. The van der Waals surface area contributed by atoms with Gasteiger partial charge in [-0.1, -0.05) is 0 Å². The van der Waals surface area contributed by atoms with Gasteiger partial charge in [-0.25, -0.2) is 0 Å². The second-order valence-corrected chi connectivity index (χ2v) is 14.5. The van der Waals surface area contributed by atoms with E-state index in [0.29, 0.717) is 74.7 Å². The summed E-state index contributed by atoms with van der Waals surface area (Å²) in [4.78, 5) is 68.3. The number of nitrogens with one attached hydrogen (secondary N) is 2. The van der Waals surface area contributed by atoms with E-state index in [2.05, 4.69) is 40.8 Å². The molecule has 6 aromatic heterocycles. The summed E-state index contributed by atoms with van der Waals surface area (Å²) in [5.74, 6) is -0.959. The van der Waals surface area contributed by atoms with Crippen LogP contribution in [0.5, 0.6) is 0 Å². The van der Waals surface area contributed by atoms with Crippen LogP contribution in [0.1, 0.15) is 91.7 Å². The van der Waals surface area contributed by atoms with Crippen molar-refractivity contribution in [2.24, 2.45) is 14.1 Å². The lowest BCUT2D eigenvalue weighted by Crippen LogP contribution is -2.16. The van der Waals surface area contributed by atoms with Gasteiger partial charge in [-0.05, 0) is 98.2 Å². The van der Waals surface area contributed by atoms with Gasteiger partial charge in [0.25, 0.3) is 11.8 Å². The van der Waals surface area contributed by atoms with Gasteiger partial charge in [0.05, 0.1) is 17.1 Å². The zero-order valence-electron chi connectivity index (χ0n) is 33.6. The van der Waals surface area contributed by atoms with Crippen molar-refractivity contribution in [3.05, 3.63) is 120 Å². The number of aryl methyl sites for hydroxylation is 4. The van der Waals surface area contributed by atoms with Crippen LogP contribution in [0, 0.1) is 0 Å². The van der Waals surface area contributed by atoms with E-state index >= 15 is 0 Å². The number of rotatable bonds is 0. The number of pyridine rings is 4. The molecular weight excluding hydrogens is 765 g/mol. The fourth-order valence-corrected chi connectivity index (χ4v) is 6.81. The van der Waals surface area contributed by atoms with Gasteiger partial charge in [0, 0.05) is 113 Å². The van der Waals surface area contributed by atoms with E-state index in [1.165, 1.54) is 9.36 Å². The van der Waals surface area contributed by atoms with Gasteiger partial charge in [0.15, 0.2) is 23.0 Å². The van der Waals surface area contributed by atoms with Crippen LogP contribution in [0.25, 0.3) is 22.4 Å². The number of Topliss-reactive ketones (excluding diaryl/α,β-unsaturated/α-hetero) is 2. The van der Waals surface area contributed by atoms with Crippen LogP contribution in [0.15, 0.2) is 85.7 Å². The topological polar surface area (TPSA) is 198 Å². The quantitative estimate of drug-likeness (QED) is 0.179. The molecule has 2 amide bonds. The van der Waals surface area contributed by atoms with Crippen LogP contribution in [-0.4, -0.2) is 89.3 Å². The molecule has 8 rings (SSSR count). The molecule has 2 aliphatic heterocycles. The Morgan fingerprint density at radius 3 is 1.52 bits per heavy atom. The number of carbonyl (C=O) groups is 4. The molecule has 2 N–H and O–H groups in total. The Hall–Kier alpha value is -6.78. The second kappa shape index (κ2) is 19.8. The molecule has 8 heterocycles. The second-order valence-electron chi connectivity index (χ2n) is 14.5. The molecule has 6 aromatic rings. The van der Waals surface area contributed by atoms with Crippen molar-refractivity contribution in [1.82, 2.24) is 39.5 Å². The van der Waals surface area contributed by atoms with E-state index in [1.54, 1.807) is 69.5 Å². The first-order chi connectivity index (χ1) is 29.2. The summed E-state index contributed by atoms with van der Waals surface area (Å²) >= 11 is 0. The van der Waals surface area contributed by atoms with E-state index in [-0.39, 0.29) is 34.6 Å². The third-order valence-electron chi connectivity index (χ3n) is 9.79. The van der Waals surface area contributed by atoms with Crippen molar-refractivity contribution in [3.8, 4) is 22.4 Å². The highest BCUT2D eigenvalue weighted by Gasteiger charge is 2.21. The fourth-order valence-electron chi connectivity index (χ4n) is 6.81. The summed E-state index contributed by atoms with van der Waals surface area (Å²) in [5.41, 5.74) is 7.36. The summed E-state index contributed by atoms with van der Waals surface area (Å²) in [6.07, 6.45) is 15.1. The molecule has 0 aliphatic carbocycles. The van der Waals surface area contributed by atoms with E-state index in [0.717, 1.165) is 53.8 Å². The first-order valence-corrected chi connectivity index (χ1v) is 19.9. The molecule has 16 heteroatoms. The number of ketones is 2. The van der Waals surface area contributed by atoms with Gasteiger partial charge < -0.3 is 20.1 Å². The monoisotopic (exact) mass is 810 g/mol. The number of nitrogens with zero attached hydrogens (tertiary/aromatic N) is 8. The lowest BCUT2D eigenvalue weighted by atomic mass is 10.0. The smallest absolute Gasteiger partial charge is 0.274 e. The Kier molecular flexibility index (Phi) is 13.6. The highest BCUT2D eigenvalue weighted by atomic mass is 16.5. The van der Waals surface area contributed by atoms with Crippen LogP contribution < -0.4 is 10.6 Å². The summed E-state index contributed by atoms with van der Waals surface area (Å²) in [6, 6.07) is 14.8. The van der Waals surface area contributed by atoms with Gasteiger partial charge in [-0.3, -0.25) is 48.5 Å². The maximum atomic E-state index is 12.9. The van der Waals surface area contributed by atoms with Gasteiger partial charge in [-0.2, -0.15) is 10.2 Å². The van der Waals surface area contributed by atoms with E-state index in [9.17, 15) is 19.2 Å². The molecule has 2 aliphatic rings. The predicted molar refractivity (Wildman–Crippen MR) is 223 cm³/mol. The first-order valence-electron chi connectivity index (χ1n) is 19.9. The number of amides is 2. The number of hydrogen-bond acceptors (Lipinski definition) is 12. The molecule has 8 bridgehead atoms. The van der Waals surface area contributed by atoms with Gasteiger partial charge in [0.2, 0.25) is 0 Å². The van der Waals surface area contributed by atoms with E-state index in [4.69, 9.17) is 9.47 Å². The molecule has 0 unspecified atom stereocenters. The molecule has 0 fully saturated rings. The average Bonchev–Trinajstić information content (AvgIpc) is 3.83. The maximum Gasteiger partial charge on any atom is 0.274 e. The van der Waals surface area contributed by atoms with Crippen LogP contribution in [0.2, 0.25) is 0 Å². The van der Waals surface area contributed by atoms with E-state index in [1.807, 2.05) is 30.3 Å². The summed E-state index contributed by atoms with van der Waals surface area (Å²) in [5, 5.41) is 14.1. The van der Waals surface area contributed by atoms with Crippen molar-refractivity contribution >= 4 is 34.8 Å². The minimum Gasteiger partial charge on any atom is -0.381 e. The summed E-state index contributed by atoms with van der Waals surface area (Å²) < 4.78 is 14.4. The SMILES string of the molecule is Cn1cc2c(n1)C(=O)CCCOCCCc1cc(ccn1)-c1cc(ccn1)C(=O)N2.Cn1cc2c(n1)C(=O)CCCOCCCc1cc(ccn1)-c1ccnc(c1)C(=O)N2. The average molecular weight is 811 g/mol. The highest BCUT2D eigenvalue weighted by molar-refractivity contribution is 6.09. The minimum absolute atomic E-state index is 0.120. The van der Waals surface area contributed by atoms with Crippen molar-refractivity contribution in [2.75, 3.05) is 37.1 Å². The number of hydrogen-bond donors (Lipinski definition) is 2. The van der Waals surface area contributed by atoms with Gasteiger partial charge in [-0.15, -0.1) is 0 Å². The van der Waals surface area contributed by atoms with Crippen LogP contribution in [-0.2, 0) is 36.4 Å². The molecule has 60 heavy (non-hydrogen) atoms. The minimum atomic E-state index is -0.391. The van der Waals surface area contributed by atoms with Crippen molar-refractivity contribution in [3.63, 3.8) is 0 Å². The number of aromatic nitrogens is 8.